The molecule has 0 saturated heterocycles. The Hall–Kier alpha value is -1.54. The lowest BCUT2D eigenvalue weighted by atomic mass is 9.98. The summed E-state index contributed by atoms with van der Waals surface area (Å²) >= 11 is 0. The molecule has 112 valence electrons. The number of nitrogens with one attached hydrogen (secondary N) is 1. The minimum Gasteiger partial charge on any atom is -0.480 e. The normalized spacial score (nSPS) is 14.8. The largest absolute Gasteiger partial charge is 0.480 e. The van der Waals surface area contributed by atoms with E-state index in [2.05, 4.69) is 0 Å². The minimum atomic E-state index is -4.63. The maximum absolute atomic E-state index is 13.5. The third kappa shape index (κ3) is 3.31. The molecule has 0 saturated carbocycles. The van der Waals surface area contributed by atoms with Crippen LogP contribution in [0.1, 0.15) is 26.7 Å². The molecule has 0 amide bonds. The van der Waals surface area contributed by atoms with Crippen LogP contribution in [0, 0.1) is 11.6 Å². The van der Waals surface area contributed by atoms with Gasteiger partial charge in [-0.3, -0.25) is 4.79 Å². The van der Waals surface area contributed by atoms with Crippen LogP contribution in [0.3, 0.4) is 0 Å². The molecule has 1 atom stereocenters. The van der Waals surface area contributed by atoms with Gasteiger partial charge in [0.2, 0.25) is 10.0 Å². The Morgan fingerprint density at radius 3 is 2.25 bits per heavy atom. The van der Waals surface area contributed by atoms with E-state index in [1.54, 1.807) is 6.92 Å². The number of rotatable bonds is 6. The van der Waals surface area contributed by atoms with Crippen LogP contribution in [-0.2, 0) is 14.8 Å². The molecule has 1 aromatic carbocycles. The summed E-state index contributed by atoms with van der Waals surface area (Å²) in [6.07, 6.45) is 0.364. The summed E-state index contributed by atoms with van der Waals surface area (Å²) in [5, 5.41) is 9.10. The second kappa shape index (κ2) is 5.84. The zero-order chi connectivity index (χ0) is 15.6. The summed E-state index contributed by atoms with van der Waals surface area (Å²) in [4.78, 5) is 10.00. The van der Waals surface area contributed by atoms with Crippen LogP contribution in [0.2, 0.25) is 0 Å². The van der Waals surface area contributed by atoms with E-state index >= 15 is 0 Å². The molecule has 2 N–H and O–H groups in total. The summed E-state index contributed by atoms with van der Waals surface area (Å²) in [7, 11) is -4.63. The molecule has 0 aromatic heterocycles. The van der Waals surface area contributed by atoms with Crippen LogP contribution >= 0.6 is 0 Å². The molecular formula is C12H15F2NO4S. The predicted molar refractivity (Wildman–Crippen MR) is 67.6 cm³/mol. The smallest absolute Gasteiger partial charge is 0.324 e. The van der Waals surface area contributed by atoms with Gasteiger partial charge in [-0.2, -0.15) is 4.72 Å². The number of hydrogen-bond donors (Lipinski definition) is 2. The van der Waals surface area contributed by atoms with Crippen LogP contribution in [0.25, 0.3) is 0 Å². The fourth-order valence-electron chi connectivity index (χ4n) is 1.79. The van der Waals surface area contributed by atoms with E-state index in [4.69, 9.17) is 5.11 Å². The molecule has 0 fully saturated rings. The molecule has 0 spiro atoms. The van der Waals surface area contributed by atoms with Crippen molar-refractivity contribution in [3.05, 3.63) is 29.8 Å². The van der Waals surface area contributed by atoms with Crippen molar-refractivity contribution in [2.24, 2.45) is 0 Å². The van der Waals surface area contributed by atoms with Gasteiger partial charge >= 0.3 is 5.97 Å². The van der Waals surface area contributed by atoms with Crippen LogP contribution in [0.4, 0.5) is 8.78 Å². The zero-order valence-electron chi connectivity index (χ0n) is 11.0. The number of halogens is 2. The third-order valence-corrected chi connectivity index (χ3v) is 4.42. The molecule has 1 unspecified atom stereocenters. The molecular weight excluding hydrogens is 292 g/mol. The highest BCUT2D eigenvalue weighted by Gasteiger charge is 2.38. The van der Waals surface area contributed by atoms with Gasteiger partial charge in [-0.25, -0.2) is 17.2 Å². The zero-order valence-corrected chi connectivity index (χ0v) is 11.8. The van der Waals surface area contributed by atoms with Gasteiger partial charge in [0, 0.05) is 0 Å². The maximum Gasteiger partial charge on any atom is 0.324 e. The summed E-state index contributed by atoms with van der Waals surface area (Å²) in [6.45, 7) is 2.81. The van der Waals surface area contributed by atoms with Crippen molar-refractivity contribution >= 4 is 16.0 Å². The van der Waals surface area contributed by atoms with Gasteiger partial charge in [-0.05, 0) is 25.5 Å². The lowest BCUT2D eigenvalue weighted by Gasteiger charge is -2.25. The van der Waals surface area contributed by atoms with Crippen LogP contribution < -0.4 is 4.72 Å². The van der Waals surface area contributed by atoms with E-state index < -0.39 is 38.1 Å². The number of aliphatic carboxylic acids is 1. The van der Waals surface area contributed by atoms with Gasteiger partial charge in [-0.1, -0.05) is 19.4 Å². The topological polar surface area (TPSA) is 83.5 Å². The third-order valence-electron chi connectivity index (χ3n) is 2.77. The highest BCUT2D eigenvalue weighted by atomic mass is 32.2. The van der Waals surface area contributed by atoms with Gasteiger partial charge in [0.05, 0.1) is 0 Å². The SMILES string of the molecule is CCCC(C)(NS(=O)(=O)c1c(F)cccc1F)C(=O)O. The lowest BCUT2D eigenvalue weighted by Crippen LogP contribution is -2.52. The van der Waals surface area contributed by atoms with Crippen LogP contribution in [0.15, 0.2) is 23.1 Å². The van der Waals surface area contributed by atoms with Crippen LogP contribution in [0.5, 0.6) is 0 Å². The molecule has 1 aromatic rings. The van der Waals surface area contributed by atoms with Crippen molar-refractivity contribution in [2.75, 3.05) is 0 Å². The highest BCUT2D eigenvalue weighted by molar-refractivity contribution is 7.89. The molecule has 0 heterocycles. The molecule has 0 bridgehead atoms. The standard InChI is InChI=1S/C12H15F2NO4S/c1-3-7-12(2,11(16)17)15-20(18,19)10-8(13)5-4-6-9(10)14/h4-6,15H,3,7H2,1-2H3,(H,16,17). The summed E-state index contributed by atoms with van der Waals surface area (Å²) < 4.78 is 52.9. The molecule has 0 aliphatic carbocycles. The molecule has 1 rings (SSSR count). The number of carboxylic acid groups (broad SMARTS) is 1. The molecule has 0 aliphatic heterocycles. The Bertz CT molecular complexity index is 598. The van der Waals surface area contributed by atoms with E-state index in [1.807, 2.05) is 4.72 Å². The van der Waals surface area contributed by atoms with Gasteiger partial charge in [0.15, 0.2) is 4.90 Å². The van der Waals surface area contributed by atoms with Crippen LogP contribution in [-0.4, -0.2) is 25.0 Å². The summed E-state index contributed by atoms with van der Waals surface area (Å²) in [5.74, 6) is -3.97. The molecule has 5 nitrogen and oxygen atoms in total. The molecule has 20 heavy (non-hydrogen) atoms. The van der Waals surface area contributed by atoms with Gasteiger partial charge < -0.3 is 5.11 Å². The number of carbonyl (C=O) groups is 1. The van der Waals surface area contributed by atoms with E-state index in [-0.39, 0.29) is 6.42 Å². The molecule has 0 aliphatic rings. The maximum atomic E-state index is 13.5. The first-order chi connectivity index (χ1) is 9.14. The number of carboxylic acids is 1. The van der Waals surface area contributed by atoms with Gasteiger partial charge in [-0.15, -0.1) is 0 Å². The summed E-state index contributed by atoms with van der Waals surface area (Å²) in [5.41, 5.74) is -1.83. The Kier molecular flexibility index (Phi) is 4.82. The summed E-state index contributed by atoms with van der Waals surface area (Å²) in [6, 6.07) is 2.59. The first kappa shape index (κ1) is 16.5. The van der Waals surface area contributed by atoms with Gasteiger partial charge in [0.1, 0.15) is 17.2 Å². The van der Waals surface area contributed by atoms with Crippen molar-refractivity contribution in [1.82, 2.24) is 4.72 Å². The minimum absolute atomic E-state index is 0.0162. The van der Waals surface area contributed by atoms with E-state index in [9.17, 15) is 22.0 Å². The number of sulfonamides is 1. The Morgan fingerprint density at radius 1 is 1.35 bits per heavy atom. The molecule has 0 radical (unpaired) electrons. The Labute approximate surface area is 115 Å². The van der Waals surface area contributed by atoms with Crippen molar-refractivity contribution in [2.45, 2.75) is 37.1 Å². The Balaban J connectivity index is 3.28. The fourth-order valence-corrected chi connectivity index (χ4v) is 3.32. The van der Waals surface area contributed by atoms with E-state index in [1.165, 1.54) is 0 Å². The first-order valence-electron chi connectivity index (χ1n) is 5.85. The predicted octanol–water partition coefficient (Wildman–Crippen LogP) is 1.89. The quantitative estimate of drug-likeness (QED) is 0.840. The van der Waals surface area contributed by atoms with Crippen molar-refractivity contribution in [3.63, 3.8) is 0 Å². The second-order valence-corrected chi connectivity index (χ2v) is 6.16. The fraction of sp³-hybridized carbons (Fsp3) is 0.417. The average molecular weight is 307 g/mol. The van der Waals surface area contributed by atoms with E-state index in [0.29, 0.717) is 6.42 Å². The van der Waals surface area contributed by atoms with Crippen molar-refractivity contribution < 1.29 is 27.1 Å². The average Bonchev–Trinajstić information content (AvgIpc) is 2.27. The number of hydrogen-bond acceptors (Lipinski definition) is 3. The van der Waals surface area contributed by atoms with Crippen molar-refractivity contribution in [3.8, 4) is 0 Å². The van der Waals surface area contributed by atoms with E-state index in [0.717, 1.165) is 25.1 Å². The first-order valence-corrected chi connectivity index (χ1v) is 7.34. The monoisotopic (exact) mass is 307 g/mol. The molecule has 8 heteroatoms. The highest BCUT2D eigenvalue weighted by Crippen LogP contribution is 2.22. The lowest BCUT2D eigenvalue weighted by molar-refractivity contribution is -0.143. The van der Waals surface area contributed by atoms with Gasteiger partial charge in [0.25, 0.3) is 0 Å². The Morgan fingerprint density at radius 2 is 1.85 bits per heavy atom. The van der Waals surface area contributed by atoms with Crippen molar-refractivity contribution in [1.29, 1.82) is 0 Å². The second-order valence-electron chi connectivity index (χ2n) is 4.54. The number of benzene rings is 1.